The standard InChI is InChI=1S/C15H20N6O2/c1-21(6-7-22)9-12-8-13(16)20-14(18-12)10-2-4-11(5-3-10)19-15(17)23/h2-5,8,22H,6-7,9H2,1H3,(H2,16,18,20)(H3,17,19,23). The van der Waals surface area contributed by atoms with Crippen molar-refractivity contribution in [2.24, 2.45) is 5.73 Å². The molecule has 23 heavy (non-hydrogen) atoms. The van der Waals surface area contributed by atoms with Gasteiger partial charge in [0.05, 0.1) is 12.3 Å². The number of nitrogens with two attached hydrogens (primary N) is 2. The van der Waals surface area contributed by atoms with Gasteiger partial charge in [-0.15, -0.1) is 0 Å². The Morgan fingerprint density at radius 3 is 2.61 bits per heavy atom. The molecule has 2 amide bonds. The third-order valence-electron chi connectivity index (χ3n) is 3.12. The molecule has 1 heterocycles. The second kappa shape index (κ2) is 7.52. The van der Waals surface area contributed by atoms with Crippen LogP contribution in [0.15, 0.2) is 30.3 Å². The average Bonchev–Trinajstić information content (AvgIpc) is 2.47. The van der Waals surface area contributed by atoms with Gasteiger partial charge < -0.3 is 21.9 Å². The Kier molecular flexibility index (Phi) is 5.45. The highest BCUT2D eigenvalue weighted by Crippen LogP contribution is 2.20. The fourth-order valence-corrected chi connectivity index (χ4v) is 2.10. The zero-order valence-electron chi connectivity index (χ0n) is 12.9. The van der Waals surface area contributed by atoms with E-state index in [4.69, 9.17) is 16.6 Å². The minimum Gasteiger partial charge on any atom is -0.395 e. The number of anilines is 2. The van der Waals surface area contributed by atoms with Crippen molar-refractivity contribution in [1.82, 2.24) is 14.9 Å². The molecule has 2 rings (SSSR count). The van der Waals surface area contributed by atoms with Crippen LogP contribution in [0.2, 0.25) is 0 Å². The summed E-state index contributed by atoms with van der Waals surface area (Å²) < 4.78 is 0. The van der Waals surface area contributed by atoms with E-state index in [0.29, 0.717) is 30.4 Å². The third-order valence-corrected chi connectivity index (χ3v) is 3.12. The number of aliphatic hydroxyl groups excluding tert-OH is 1. The van der Waals surface area contributed by atoms with E-state index in [1.54, 1.807) is 30.3 Å². The lowest BCUT2D eigenvalue weighted by atomic mass is 10.2. The molecule has 1 aromatic carbocycles. The van der Waals surface area contributed by atoms with E-state index in [2.05, 4.69) is 15.3 Å². The maximum Gasteiger partial charge on any atom is 0.316 e. The summed E-state index contributed by atoms with van der Waals surface area (Å²) in [4.78, 5) is 21.5. The molecule has 0 fully saturated rings. The minimum atomic E-state index is -0.618. The predicted molar refractivity (Wildman–Crippen MR) is 88.5 cm³/mol. The van der Waals surface area contributed by atoms with Gasteiger partial charge in [0.1, 0.15) is 5.82 Å². The van der Waals surface area contributed by atoms with Gasteiger partial charge in [0.25, 0.3) is 0 Å². The first-order chi connectivity index (χ1) is 11.0. The fraction of sp³-hybridized carbons (Fsp3) is 0.267. The molecule has 0 unspecified atom stereocenters. The highest BCUT2D eigenvalue weighted by atomic mass is 16.3. The number of carbonyl (C=O) groups excluding carboxylic acids is 1. The number of aliphatic hydroxyl groups is 1. The van der Waals surface area contributed by atoms with Crippen molar-refractivity contribution in [2.75, 3.05) is 31.2 Å². The number of nitrogens with zero attached hydrogens (tertiary/aromatic N) is 3. The number of nitrogens with one attached hydrogen (secondary N) is 1. The summed E-state index contributed by atoms with van der Waals surface area (Å²) in [6, 6.07) is 8.07. The van der Waals surface area contributed by atoms with Crippen molar-refractivity contribution in [3.63, 3.8) is 0 Å². The number of amides is 2. The molecule has 6 N–H and O–H groups in total. The number of carbonyl (C=O) groups is 1. The van der Waals surface area contributed by atoms with E-state index in [1.165, 1.54) is 0 Å². The SMILES string of the molecule is CN(CCO)Cc1cc(N)nc(-c2ccc(NC(N)=O)cc2)n1. The molecule has 0 bridgehead atoms. The fourth-order valence-electron chi connectivity index (χ4n) is 2.10. The zero-order chi connectivity index (χ0) is 16.8. The van der Waals surface area contributed by atoms with Crippen molar-refractivity contribution in [3.8, 4) is 11.4 Å². The Hall–Kier alpha value is -2.71. The quantitative estimate of drug-likeness (QED) is 0.618. The van der Waals surface area contributed by atoms with Gasteiger partial charge in [-0.1, -0.05) is 0 Å². The van der Waals surface area contributed by atoms with Crippen molar-refractivity contribution in [1.29, 1.82) is 0 Å². The Balaban J connectivity index is 2.21. The van der Waals surface area contributed by atoms with Crippen molar-refractivity contribution in [3.05, 3.63) is 36.0 Å². The number of aromatic nitrogens is 2. The number of rotatable bonds is 6. The summed E-state index contributed by atoms with van der Waals surface area (Å²) >= 11 is 0. The van der Waals surface area contributed by atoms with Crippen LogP contribution in [0.1, 0.15) is 5.69 Å². The van der Waals surface area contributed by atoms with Crippen LogP contribution in [0.25, 0.3) is 11.4 Å². The number of urea groups is 1. The monoisotopic (exact) mass is 316 g/mol. The lowest BCUT2D eigenvalue weighted by molar-refractivity contribution is 0.216. The Bertz CT molecular complexity index is 674. The summed E-state index contributed by atoms with van der Waals surface area (Å²) in [6.07, 6.45) is 0. The lowest BCUT2D eigenvalue weighted by Crippen LogP contribution is -2.22. The van der Waals surface area contributed by atoms with Gasteiger partial charge in [-0.2, -0.15) is 0 Å². The van der Waals surface area contributed by atoms with Gasteiger partial charge in [0.2, 0.25) is 0 Å². The van der Waals surface area contributed by atoms with Crippen LogP contribution in [-0.2, 0) is 6.54 Å². The van der Waals surface area contributed by atoms with Crippen LogP contribution in [-0.4, -0.2) is 46.2 Å². The van der Waals surface area contributed by atoms with Gasteiger partial charge >= 0.3 is 6.03 Å². The Labute approximate surface area is 134 Å². The van der Waals surface area contributed by atoms with Crippen LogP contribution in [0.5, 0.6) is 0 Å². The first kappa shape index (κ1) is 16.7. The first-order valence-corrected chi connectivity index (χ1v) is 7.07. The van der Waals surface area contributed by atoms with Gasteiger partial charge in [0.15, 0.2) is 5.82 Å². The molecule has 0 aliphatic carbocycles. The maximum atomic E-state index is 10.8. The number of benzene rings is 1. The van der Waals surface area contributed by atoms with Crippen LogP contribution in [0.3, 0.4) is 0 Å². The van der Waals surface area contributed by atoms with Gasteiger partial charge in [-0.25, -0.2) is 14.8 Å². The molecule has 8 heteroatoms. The number of hydrogen-bond donors (Lipinski definition) is 4. The second-order valence-corrected chi connectivity index (χ2v) is 5.14. The van der Waals surface area contributed by atoms with Crippen LogP contribution in [0, 0.1) is 0 Å². The molecular weight excluding hydrogens is 296 g/mol. The molecule has 0 radical (unpaired) electrons. The van der Waals surface area contributed by atoms with E-state index in [0.717, 1.165) is 11.3 Å². The number of primary amides is 1. The molecule has 0 aliphatic rings. The summed E-state index contributed by atoms with van der Waals surface area (Å²) in [7, 11) is 1.89. The molecule has 2 aromatic rings. The third kappa shape index (κ3) is 4.90. The molecule has 0 atom stereocenters. The predicted octanol–water partition coefficient (Wildman–Crippen LogP) is 0.640. The Morgan fingerprint density at radius 1 is 1.30 bits per heavy atom. The first-order valence-electron chi connectivity index (χ1n) is 7.07. The molecule has 8 nitrogen and oxygen atoms in total. The number of hydrogen-bond acceptors (Lipinski definition) is 6. The van der Waals surface area contributed by atoms with Crippen LogP contribution < -0.4 is 16.8 Å². The largest absolute Gasteiger partial charge is 0.395 e. The maximum absolute atomic E-state index is 10.8. The minimum absolute atomic E-state index is 0.0816. The van der Waals surface area contributed by atoms with Gasteiger partial charge in [-0.3, -0.25) is 4.90 Å². The summed E-state index contributed by atoms with van der Waals surface area (Å²) in [5.41, 5.74) is 13.1. The zero-order valence-corrected chi connectivity index (χ0v) is 12.9. The van der Waals surface area contributed by atoms with E-state index in [1.807, 2.05) is 11.9 Å². The molecule has 122 valence electrons. The van der Waals surface area contributed by atoms with Gasteiger partial charge in [0, 0.05) is 30.4 Å². The van der Waals surface area contributed by atoms with Crippen LogP contribution in [0.4, 0.5) is 16.3 Å². The summed E-state index contributed by atoms with van der Waals surface area (Å²) in [5.74, 6) is 0.879. The van der Waals surface area contributed by atoms with E-state index in [9.17, 15) is 4.79 Å². The highest BCUT2D eigenvalue weighted by molar-refractivity contribution is 5.88. The highest BCUT2D eigenvalue weighted by Gasteiger charge is 2.08. The lowest BCUT2D eigenvalue weighted by Gasteiger charge is -2.15. The Morgan fingerprint density at radius 2 is 2.00 bits per heavy atom. The van der Waals surface area contributed by atoms with E-state index >= 15 is 0 Å². The topological polar surface area (TPSA) is 130 Å². The molecule has 0 saturated carbocycles. The van der Waals surface area contributed by atoms with Crippen LogP contribution >= 0.6 is 0 Å². The molecular formula is C15H20N6O2. The summed E-state index contributed by atoms with van der Waals surface area (Å²) in [6.45, 7) is 1.19. The molecule has 0 aliphatic heterocycles. The van der Waals surface area contributed by atoms with E-state index in [-0.39, 0.29) is 6.61 Å². The smallest absolute Gasteiger partial charge is 0.316 e. The number of likely N-dealkylation sites (N-methyl/N-ethyl adjacent to an activating group) is 1. The average molecular weight is 316 g/mol. The normalized spacial score (nSPS) is 10.7. The summed E-state index contributed by atoms with van der Waals surface area (Å²) in [5, 5.41) is 11.4. The molecule has 0 saturated heterocycles. The van der Waals surface area contributed by atoms with Crippen molar-refractivity contribution < 1.29 is 9.90 Å². The van der Waals surface area contributed by atoms with E-state index < -0.39 is 6.03 Å². The van der Waals surface area contributed by atoms with Crippen molar-refractivity contribution in [2.45, 2.75) is 6.54 Å². The second-order valence-electron chi connectivity index (χ2n) is 5.14. The number of nitrogen functional groups attached to an aromatic ring is 1. The molecule has 0 spiro atoms. The molecule has 1 aromatic heterocycles. The van der Waals surface area contributed by atoms with Gasteiger partial charge in [-0.05, 0) is 31.3 Å². The van der Waals surface area contributed by atoms with Crippen molar-refractivity contribution >= 4 is 17.5 Å².